The molecule has 11 heteroatoms. The van der Waals surface area contributed by atoms with Gasteiger partial charge in [-0.1, -0.05) is 0 Å². The van der Waals surface area contributed by atoms with Gasteiger partial charge < -0.3 is 25.6 Å². The molecule has 6 unspecified atom stereocenters. The molecule has 0 bridgehead atoms. The number of aliphatic hydroxyl groups is 1. The average molecular weight is 558 g/mol. The third-order valence-electron chi connectivity index (χ3n) is 8.51. The molecule has 0 heterocycles. The van der Waals surface area contributed by atoms with Gasteiger partial charge in [-0.05, 0) is 77.2 Å². The van der Waals surface area contributed by atoms with E-state index in [0.29, 0.717) is 23.2 Å². The summed E-state index contributed by atoms with van der Waals surface area (Å²) < 4.78 is 5.81. The quantitative estimate of drug-likeness (QED) is 0.414. The van der Waals surface area contributed by atoms with E-state index in [1.807, 2.05) is 45.8 Å². The molecule has 0 radical (unpaired) electrons. The minimum Gasteiger partial charge on any atom is -0.507 e. The Labute approximate surface area is 233 Å². The lowest BCUT2D eigenvalue weighted by atomic mass is 9.52. The minimum atomic E-state index is -2.74. The molecule has 0 saturated heterocycles. The number of carbonyl (C=O) groups is 5. The highest BCUT2D eigenvalue weighted by atomic mass is 16.5. The van der Waals surface area contributed by atoms with Gasteiger partial charge in [0.15, 0.2) is 34.7 Å². The predicted molar refractivity (Wildman–Crippen MR) is 145 cm³/mol. The Balaban J connectivity index is 1.83. The Hall–Kier alpha value is -3.15. The highest BCUT2D eigenvalue weighted by Gasteiger charge is 2.69. The van der Waals surface area contributed by atoms with Crippen LogP contribution in [0.5, 0.6) is 5.75 Å². The summed E-state index contributed by atoms with van der Waals surface area (Å²) in [7, 11) is 6.74. The van der Waals surface area contributed by atoms with Crippen LogP contribution >= 0.6 is 0 Å². The summed E-state index contributed by atoms with van der Waals surface area (Å²) in [6.07, 6.45) is 0.536. The molecule has 2 saturated carbocycles. The first kappa shape index (κ1) is 29.8. The number of hydrogen-bond acceptors (Lipinski definition) is 10. The van der Waals surface area contributed by atoms with E-state index < -0.39 is 70.0 Å². The fourth-order valence-electron chi connectivity index (χ4n) is 6.76. The lowest BCUT2D eigenvalue weighted by molar-refractivity contribution is -0.181. The van der Waals surface area contributed by atoms with Gasteiger partial charge in [0.1, 0.15) is 5.75 Å². The van der Waals surface area contributed by atoms with Gasteiger partial charge in [-0.15, -0.1) is 0 Å². The number of nitrogens with two attached hydrogens (primary N) is 1. The summed E-state index contributed by atoms with van der Waals surface area (Å²) >= 11 is 0. The number of carbonyl (C=O) groups excluding carboxylic acids is 5. The number of benzene rings is 1. The zero-order valence-electron chi connectivity index (χ0n) is 24.1. The number of ketones is 4. The predicted octanol–water partition coefficient (Wildman–Crippen LogP) is 0.291. The number of Topliss-reactive ketones (excluding diaryl/α,β-unsaturated/α-hetero) is 4. The lowest BCUT2D eigenvalue weighted by Crippen LogP contribution is -2.74. The maximum atomic E-state index is 14.0. The molecule has 11 nitrogen and oxygen atoms in total. The van der Waals surface area contributed by atoms with Gasteiger partial charge >= 0.3 is 0 Å². The molecular formula is C29H39N3O8. The molecular weight excluding hydrogens is 518 g/mol. The number of fused-ring (bicyclic) bond motifs is 3. The molecule has 3 aliphatic rings. The summed E-state index contributed by atoms with van der Waals surface area (Å²) in [5.41, 5.74) is 3.95. The van der Waals surface area contributed by atoms with E-state index in [0.717, 1.165) is 0 Å². The topological polar surface area (TPSA) is 168 Å². The molecule has 40 heavy (non-hydrogen) atoms. The molecule has 218 valence electrons. The Morgan fingerprint density at radius 2 is 1.75 bits per heavy atom. The van der Waals surface area contributed by atoms with Crippen LogP contribution in [0.3, 0.4) is 0 Å². The molecule has 1 amide bonds. The SMILES string of the molecule is CN(C)c1cc(CCOC(C)(C)C)c(O)c2c1CC1CC3C(N(C)C)C(=O)C(C(N)=O)C(=O)C3(O)C(=O)C1C2=O. The van der Waals surface area contributed by atoms with Gasteiger partial charge in [-0.25, -0.2) is 0 Å². The van der Waals surface area contributed by atoms with Gasteiger partial charge in [-0.2, -0.15) is 0 Å². The van der Waals surface area contributed by atoms with Crippen LogP contribution in [0.15, 0.2) is 6.07 Å². The molecule has 1 aromatic carbocycles. The van der Waals surface area contributed by atoms with Crippen molar-refractivity contribution in [1.82, 2.24) is 4.90 Å². The van der Waals surface area contributed by atoms with Gasteiger partial charge in [-0.3, -0.25) is 28.9 Å². The van der Waals surface area contributed by atoms with Gasteiger partial charge in [0.2, 0.25) is 5.91 Å². The number of anilines is 1. The van der Waals surface area contributed by atoms with E-state index in [4.69, 9.17) is 10.5 Å². The number of amides is 1. The number of phenols is 1. The molecule has 1 aromatic rings. The maximum absolute atomic E-state index is 14.0. The third kappa shape index (κ3) is 4.53. The first-order valence-electron chi connectivity index (χ1n) is 13.5. The fourth-order valence-corrected chi connectivity index (χ4v) is 6.76. The largest absolute Gasteiger partial charge is 0.507 e. The molecule has 0 aromatic heterocycles. The maximum Gasteiger partial charge on any atom is 0.235 e. The van der Waals surface area contributed by atoms with E-state index in [1.165, 1.54) is 4.90 Å². The molecule has 0 aliphatic heterocycles. The van der Waals surface area contributed by atoms with E-state index in [2.05, 4.69) is 0 Å². The second-order valence-electron chi connectivity index (χ2n) is 12.7. The van der Waals surface area contributed by atoms with Crippen molar-refractivity contribution in [3.05, 3.63) is 22.8 Å². The second kappa shape index (κ2) is 10.0. The van der Waals surface area contributed by atoms with Crippen LogP contribution < -0.4 is 10.6 Å². The van der Waals surface area contributed by atoms with Crippen molar-refractivity contribution in [2.45, 2.75) is 57.3 Å². The standard InChI is InChI=1S/C29H39N3O8/c1-28(2,3)40-9-8-13-12-17(31(4)5)15-10-14-11-16-21(32(6)7)24(35)20(27(30)38)26(37)29(16,39)25(36)18(14)23(34)19(15)22(13)33/h12,14,16,18,20-21,33,39H,8-11H2,1-7H3,(H2,30,38). The number of nitrogens with zero attached hydrogens (tertiary/aromatic N) is 2. The Morgan fingerprint density at radius 3 is 2.27 bits per heavy atom. The summed E-state index contributed by atoms with van der Waals surface area (Å²) in [4.78, 5) is 70.1. The summed E-state index contributed by atoms with van der Waals surface area (Å²) in [5.74, 6) is -10.5. The van der Waals surface area contributed by atoms with Crippen molar-refractivity contribution >= 4 is 34.7 Å². The van der Waals surface area contributed by atoms with Crippen LogP contribution in [0.4, 0.5) is 5.69 Å². The highest BCUT2D eigenvalue weighted by Crippen LogP contribution is 2.52. The van der Waals surface area contributed by atoms with E-state index in [-0.39, 0.29) is 30.8 Å². The molecule has 0 spiro atoms. The van der Waals surface area contributed by atoms with Crippen LogP contribution in [0, 0.1) is 23.7 Å². The number of likely N-dealkylation sites (N-methyl/N-ethyl adjacent to an activating group) is 1. The molecule has 6 atom stereocenters. The Kier molecular flexibility index (Phi) is 7.49. The smallest absolute Gasteiger partial charge is 0.235 e. The van der Waals surface area contributed by atoms with Crippen molar-refractivity contribution in [3.63, 3.8) is 0 Å². The number of rotatable bonds is 6. The first-order valence-corrected chi connectivity index (χ1v) is 13.5. The summed E-state index contributed by atoms with van der Waals surface area (Å²) in [6.45, 7) is 6.01. The molecule has 2 fully saturated rings. The highest BCUT2D eigenvalue weighted by molar-refractivity contribution is 6.32. The van der Waals surface area contributed by atoms with Crippen molar-refractivity contribution in [1.29, 1.82) is 0 Å². The van der Waals surface area contributed by atoms with E-state index in [1.54, 1.807) is 14.1 Å². The van der Waals surface area contributed by atoms with Gasteiger partial charge in [0.25, 0.3) is 0 Å². The molecule has 4 N–H and O–H groups in total. The normalized spacial score (nSPS) is 30.2. The summed E-state index contributed by atoms with van der Waals surface area (Å²) in [6, 6.07) is 0.677. The van der Waals surface area contributed by atoms with Crippen molar-refractivity contribution in [3.8, 4) is 5.75 Å². The number of ether oxygens (including phenoxy) is 1. The molecule has 3 aliphatic carbocycles. The van der Waals surface area contributed by atoms with Gasteiger partial charge in [0.05, 0.1) is 29.7 Å². The van der Waals surface area contributed by atoms with Crippen LogP contribution in [0.1, 0.15) is 48.7 Å². The van der Waals surface area contributed by atoms with Crippen LogP contribution in [0.25, 0.3) is 0 Å². The van der Waals surface area contributed by atoms with Crippen LogP contribution in [0.2, 0.25) is 0 Å². The molecule has 4 rings (SSSR count). The third-order valence-corrected chi connectivity index (χ3v) is 8.51. The van der Waals surface area contributed by atoms with Crippen molar-refractivity contribution < 1.29 is 38.9 Å². The fraction of sp³-hybridized carbons (Fsp3) is 0.621. The van der Waals surface area contributed by atoms with Crippen LogP contribution in [-0.2, 0) is 36.8 Å². The monoisotopic (exact) mass is 557 g/mol. The summed E-state index contributed by atoms with van der Waals surface area (Å²) in [5, 5.41) is 23.0. The lowest BCUT2D eigenvalue weighted by Gasteiger charge is -2.52. The second-order valence-corrected chi connectivity index (χ2v) is 12.7. The number of aromatic hydroxyl groups is 1. The Bertz CT molecular complexity index is 1300. The number of hydrogen-bond donors (Lipinski definition) is 3. The van der Waals surface area contributed by atoms with Gasteiger partial charge in [0, 0.05) is 25.7 Å². The number of primary amides is 1. The van der Waals surface area contributed by atoms with Crippen molar-refractivity contribution in [2.24, 2.45) is 29.4 Å². The number of phenolic OH excluding ortho intramolecular Hbond substituents is 1. The van der Waals surface area contributed by atoms with E-state index >= 15 is 0 Å². The Morgan fingerprint density at radius 1 is 1.12 bits per heavy atom. The van der Waals surface area contributed by atoms with Crippen LogP contribution in [-0.4, -0.2) is 96.2 Å². The minimum absolute atomic E-state index is 0.0106. The van der Waals surface area contributed by atoms with E-state index in [9.17, 15) is 34.2 Å². The zero-order valence-corrected chi connectivity index (χ0v) is 24.1. The van der Waals surface area contributed by atoms with Crippen molar-refractivity contribution in [2.75, 3.05) is 39.7 Å². The average Bonchev–Trinajstić information content (AvgIpc) is 2.81. The zero-order chi connectivity index (χ0) is 30.1. The first-order chi connectivity index (χ1) is 18.4.